The van der Waals surface area contributed by atoms with Crippen LogP contribution in [0.15, 0.2) is 23.1 Å². The summed E-state index contributed by atoms with van der Waals surface area (Å²) >= 11 is 0. The van der Waals surface area contributed by atoms with Crippen molar-refractivity contribution in [3.8, 4) is 0 Å². The predicted octanol–water partition coefficient (Wildman–Crippen LogP) is 2.36. The minimum Gasteiger partial charge on any atom is -0.343 e. The summed E-state index contributed by atoms with van der Waals surface area (Å²) in [6.07, 6.45) is 9.40. The van der Waals surface area contributed by atoms with E-state index >= 15 is 0 Å². The third-order valence-electron chi connectivity index (χ3n) is 5.76. The molecule has 0 N–H and O–H groups in total. The second-order valence-corrected chi connectivity index (χ2v) is 7.57. The highest BCUT2D eigenvalue weighted by molar-refractivity contribution is 5.76. The molecular formula is C20H31N3O2. The Bertz CT molecular complexity index is 626. The van der Waals surface area contributed by atoms with E-state index in [2.05, 4.69) is 4.90 Å². The van der Waals surface area contributed by atoms with Crippen LogP contribution < -0.4 is 5.56 Å². The molecule has 0 spiro atoms. The van der Waals surface area contributed by atoms with Crippen molar-refractivity contribution in [1.82, 2.24) is 14.4 Å². The molecule has 2 saturated heterocycles. The molecule has 0 aliphatic carbocycles. The molecule has 1 amide bonds. The van der Waals surface area contributed by atoms with Crippen molar-refractivity contribution >= 4 is 5.91 Å². The lowest BCUT2D eigenvalue weighted by atomic mass is 9.90. The van der Waals surface area contributed by atoms with Crippen molar-refractivity contribution < 1.29 is 4.79 Å². The van der Waals surface area contributed by atoms with Gasteiger partial charge in [-0.1, -0.05) is 6.42 Å². The van der Waals surface area contributed by atoms with Crippen LogP contribution in [0.1, 0.15) is 56.4 Å². The molecule has 0 saturated carbocycles. The van der Waals surface area contributed by atoms with Gasteiger partial charge >= 0.3 is 0 Å². The van der Waals surface area contributed by atoms with Gasteiger partial charge in [0.05, 0.1) is 0 Å². The van der Waals surface area contributed by atoms with Gasteiger partial charge in [-0.05, 0) is 69.3 Å². The average Bonchev–Trinajstić information content (AvgIpc) is 2.65. The van der Waals surface area contributed by atoms with Crippen LogP contribution in [0.2, 0.25) is 0 Å². The number of hydrogen-bond donors (Lipinski definition) is 0. The van der Waals surface area contributed by atoms with Gasteiger partial charge in [-0.25, -0.2) is 0 Å². The lowest BCUT2D eigenvalue weighted by Crippen LogP contribution is -2.38. The summed E-state index contributed by atoms with van der Waals surface area (Å²) in [5.41, 5.74) is 1.18. The summed E-state index contributed by atoms with van der Waals surface area (Å²) in [4.78, 5) is 28.8. The van der Waals surface area contributed by atoms with Gasteiger partial charge in [0.1, 0.15) is 0 Å². The number of rotatable bonds is 5. The maximum atomic E-state index is 12.4. The number of pyridine rings is 1. The predicted molar refractivity (Wildman–Crippen MR) is 99.8 cm³/mol. The van der Waals surface area contributed by atoms with E-state index in [0.29, 0.717) is 18.2 Å². The third-order valence-corrected chi connectivity index (χ3v) is 5.76. The molecule has 2 fully saturated rings. The SMILES string of the molecule is Cn1ccc(C2CCN(C(=O)CCCN3CCCCC3)CC2)cc1=O. The molecule has 3 rings (SSSR count). The fourth-order valence-corrected chi connectivity index (χ4v) is 4.08. The van der Waals surface area contributed by atoms with Crippen molar-refractivity contribution in [3.05, 3.63) is 34.2 Å². The van der Waals surface area contributed by atoms with E-state index in [1.165, 1.54) is 32.4 Å². The largest absolute Gasteiger partial charge is 0.343 e. The molecule has 1 aromatic rings. The zero-order valence-corrected chi connectivity index (χ0v) is 15.5. The second-order valence-electron chi connectivity index (χ2n) is 7.57. The third kappa shape index (κ3) is 4.94. The van der Waals surface area contributed by atoms with Crippen LogP contribution in [0.5, 0.6) is 0 Å². The normalized spacial score (nSPS) is 20.0. The fourth-order valence-electron chi connectivity index (χ4n) is 4.08. The van der Waals surface area contributed by atoms with E-state index in [1.807, 2.05) is 17.2 Å². The number of likely N-dealkylation sites (tertiary alicyclic amines) is 2. The molecule has 25 heavy (non-hydrogen) atoms. The molecule has 1 aromatic heterocycles. The van der Waals surface area contributed by atoms with E-state index in [9.17, 15) is 9.59 Å². The highest BCUT2D eigenvalue weighted by Crippen LogP contribution is 2.27. The van der Waals surface area contributed by atoms with Crippen LogP contribution in [-0.2, 0) is 11.8 Å². The number of nitrogens with zero attached hydrogens (tertiary/aromatic N) is 3. The summed E-state index contributed by atoms with van der Waals surface area (Å²) in [6.45, 7) is 5.12. The summed E-state index contributed by atoms with van der Waals surface area (Å²) in [5.74, 6) is 0.714. The van der Waals surface area contributed by atoms with Gasteiger partial charge < -0.3 is 14.4 Å². The van der Waals surface area contributed by atoms with E-state index in [0.717, 1.165) is 44.5 Å². The molecule has 2 aliphatic rings. The molecule has 0 radical (unpaired) electrons. The lowest BCUT2D eigenvalue weighted by molar-refractivity contribution is -0.132. The number of carbonyl (C=O) groups is 1. The van der Waals surface area contributed by atoms with E-state index < -0.39 is 0 Å². The summed E-state index contributed by atoms with van der Waals surface area (Å²) < 4.78 is 1.60. The topological polar surface area (TPSA) is 45.6 Å². The van der Waals surface area contributed by atoms with Crippen molar-refractivity contribution in [2.24, 2.45) is 7.05 Å². The number of hydrogen-bond acceptors (Lipinski definition) is 3. The minimum absolute atomic E-state index is 0.0497. The van der Waals surface area contributed by atoms with Gasteiger partial charge in [-0.2, -0.15) is 0 Å². The van der Waals surface area contributed by atoms with Gasteiger partial charge in [0.15, 0.2) is 0 Å². The van der Waals surface area contributed by atoms with Gasteiger partial charge in [-0.3, -0.25) is 9.59 Å². The van der Waals surface area contributed by atoms with E-state index in [-0.39, 0.29) is 5.56 Å². The molecule has 2 aliphatic heterocycles. The van der Waals surface area contributed by atoms with E-state index in [4.69, 9.17) is 0 Å². The minimum atomic E-state index is 0.0497. The van der Waals surface area contributed by atoms with Crippen LogP contribution in [-0.4, -0.2) is 53.0 Å². The first-order valence-electron chi connectivity index (χ1n) is 9.80. The molecule has 0 unspecified atom stereocenters. The fraction of sp³-hybridized carbons (Fsp3) is 0.700. The zero-order valence-electron chi connectivity index (χ0n) is 15.5. The smallest absolute Gasteiger partial charge is 0.250 e. The Morgan fingerprint density at radius 2 is 1.84 bits per heavy atom. The summed E-state index contributed by atoms with van der Waals surface area (Å²) in [6, 6.07) is 3.79. The van der Waals surface area contributed by atoms with Gasteiger partial charge in [-0.15, -0.1) is 0 Å². The molecular weight excluding hydrogens is 314 g/mol. The van der Waals surface area contributed by atoms with Crippen molar-refractivity contribution in [2.75, 3.05) is 32.7 Å². The van der Waals surface area contributed by atoms with Crippen LogP contribution in [0.4, 0.5) is 0 Å². The Kier molecular flexibility index (Phi) is 6.29. The quantitative estimate of drug-likeness (QED) is 0.823. The first kappa shape index (κ1) is 18.2. The zero-order chi connectivity index (χ0) is 17.6. The number of piperidine rings is 2. The van der Waals surface area contributed by atoms with Gasteiger partial charge in [0.25, 0.3) is 5.56 Å². The number of carbonyl (C=O) groups excluding carboxylic acids is 1. The number of aryl methyl sites for hydroxylation is 1. The lowest BCUT2D eigenvalue weighted by Gasteiger charge is -2.32. The maximum Gasteiger partial charge on any atom is 0.250 e. The van der Waals surface area contributed by atoms with Crippen molar-refractivity contribution in [1.29, 1.82) is 0 Å². The number of aromatic nitrogens is 1. The Balaban J connectivity index is 1.41. The Morgan fingerprint density at radius 3 is 2.52 bits per heavy atom. The second kappa shape index (κ2) is 8.65. The Hall–Kier alpha value is -1.62. The standard InChI is InChI=1S/C20H31N3O2/c1-21-13-7-18(16-20(21)25)17-8-14-23(15-9-17)19(24)6-5-12-22-10-3-2-4-11-22/h7,13,16-17H,2-6,8-12,14-15H2,1H3. The molecule has 5 heteroatoms. The Labute approximate surface area is 150 Å². The molecule has 138 valence electrons. The van der Waals surface area contributed by atoms with Crippen molar-refractivity contribution in [2.45, 2.75) is 50.9 Å². The molecule has 0 aromatic carbocycles. The van der Waals surface area contributed by atoms with Gasteiger partial charge in [0, 0.05) is 38.8 Å². The molecule has 3 heterocycles. The van der Waals surface area contributed by atoms with Crippen LogP contribution in [0.25, 0.3) is 0 Å². The molecule has 0 atom stereocenters. The van der Waals surface area contributed by atoms with Crippen LogP contribution in [0, 0.1) is 0 Å². The summed E-state index contributed by atoms with van der Waals surface area (Å²) in [7, 11) is 1.78. The van der Waals surface area contributed by atoms with Crippen LogP contribution in [0.3, 0.4) is 0 Å². The number of amides is 1. The van der Waals surface area contributed by atoms with E-state index in [1.54, 1.807) is 17.7 Å². The monoisotopic (exact) mass is 345 g/mol. The first-order chi connectivity index (χ1) is 12.1. The van der Waals surface area contributed by atoms with Gasteiger partial charge in [0.2, 0.25) is 5.91 Å². The first-order valence-corrected chi connectivity index (χ1v) is 9.80. The average molecular weight is 345 g/mol. The molecule has 5 nitrogen and oxygen atoms in total. The highest BCUT2D eigenvalue weighted by atomic mass is 16.2. The van der Waals surface area contributed by atoms with Crippen molar-refractivity contribution in [3.63, 3.8) is 0 Å². The summed E-state index contributed by atoms with van der Waals surface area (Å²) in [5, 5.41) is 0. The molecule has 0 bridgehead atoms. The Morgan fingerprint density at radius 1 is 1.12 bits per heavy atom. The van der Waals surface area contributed by atoms with Crippen LogP contribution >= 0.6 is 0 Å². The maximum absolute atomic E-state index is 12.4. The highest BCUT2D eigenvalue weighted by Gasteiger charge is 2.24.